The average molecular weight is 454 g/mol. The number of rotatable bonds is 7. The third kappa shape index (κ3) is 7.96. The van der Waals surface area contributed by atoms with E-state index in [0.717, 1.165) is 17.2 Å². The van der Waals surface area contributed by atoms with Crippen LogP contribution in [0.3, 0.4) is 0 Å². The van der Waals surface area contributed by atoms with Crippen LogP contribution in [0, 0.1) is 5.92 Å². The number of nitrogens with zero attached hydrogens (tertiary/aromatic N) is 2. The smallest absolute Gasteiger partial charge is 0.310 e. The molecule has 1 rings (SSSR count). The van der Waals surface area contributed by atoms with Gasteiger partial charge in [-0.15, -0.1) is 35.3 Å². The highest BCUT2D eigenvalue weighted by molar-refractivity contribution is 14.0. The number of aromatic nitrogens is 1. The van der Waals surface area contributed by atoms with Gasteiger partial charge in [-0.1, -0.05) is 20.8 Å². The molecule has 2 N–H and O–H groups in total. The van der Waals surface area contributed by atoms with Gasteiger partial charge >= 0.3 is 5.97 Å². The molecule has 0 spiro atoms. The van der Waals surface area contributed by atoms with Gasteiger partial charge in [0.05, 0.1) is 25.3 Å². The van der Waals surface area contributed by atoms with Gasteiger partial charge in [0.15, 0.2) is 5.96 Å². The minimum Gasteiger partial charge on any atom is -0.469 e. The standard InChI is InChI=1S/C15H26N4O2S.HI/c1-6-16-15(17-7-11(4)14(20)21-5)18-8-13-19-12(9-22-13)10(2)3;/h9-11H,6-8H2,1-5H3,(H2,16,17,18);1H. The molecule has 132 valence electrons. The Labute approximate surface area is 159 Å². The van der Waals surface area contributed by atoms with E-state index in [1.807, 2.05) is 13.8 Å². The fourth-order valence-corrected chi connectivity index (χ4v) is 2.56. The molecule has 0 bridgehead atoms. The molecule has 1 aromatic rings. The van der Waals surface area contributed by atoms with E-state index in [1.54, 1.807) is 11.3 Å². The molecule has 0 radical (unpaired) electrons. The maximum atomic E-state index is 11.4. The van der Waals surface area contributed by atoms with E-state index in [1.165, 1.54) is 7.11 Å². The van der Waals surface area contributed by atoms with E-state index in [0.29, 0.717) is 25.0 Å². The van der Waals surface area contributed by atoms with Gasteiger partial charge in [0.1, 0.15) is 5.01 Å². The van der Waals surface area contributed by atoms with Crippen LogP contribution in [0.1, 0.15) is 44.3 Å². The third-order valence-electron chi connectivity index (χ3n) is 3.06. The van der Waals surface area contributed by atoms with Crippen molar-refractivity contribution in [2.75, 3.05) is 20.2 Å². The van der Waals surface area contributed by atoms with Crippen molar-refractivity contribution in [3.8, 4) is 0 Å². The van der Waals surface area contributed by atoms with Gasteiger partial charge in [0, 0.05) is 18.5 Å². The number of halogens is 1. The van der Waals surface area contributed by atoms with E-state index >= 15 is 0 Å². The Morgan fingerprint density at radius 3 is 2.61 bits per heavy atom. The lowest BCUT2D eigenvalue weighted by molar-refractivity contribution is -0.144. The molecule has 23 heavy (non-hydrogen) atoms. The minimum atomic E-state index is -0.232. The van der Waals surface area contributed by atoms with Gasteiger partial charge in [0.2, 0.25) is 0 Å². The van der Waals surface area contributed by atoms with Crippen molar-refractivity contribution in [3.63, 3.8) is 0 Å². The molecule has 0 aromatic carbocycles. The number of ether oxygens (including phenoxy) is 1. The second kappa shape index (κ2) is 11.6. The van der Waals surface area contributed by atoms with Gasteiger partial charge in [-0.25, -0.2) is 9.98 Å². The van der Waals surface area contributed by atoms with Crippen molar-refractivity contribution in [3.05, 3.63) is 16.1 Å². The maximum Gasteiger partial charge on any atom is 0.310 e. The predicted octanol–water partition coefficient (Wildman–Crippen LogP) is 2.75. The number of carbonyl (C=O) groups excluding carboxylic acids is 1. The zero-order chi connectivity index (χ0) is 16.5. The molecular formula is C15H27IN4O2S. The van der Waals surface area contributed by atoms with Crippen LogP contribution in [0.15, 0.2) is 10.4 Å². The number of esters is 1. The fraction of sp³-hybridized carbons (Fsp3) is 0.667. The summed E-state index contributed by atoms with van der Waals surface area (Å²) < 4.78 is 4.71. The quantitative estimate of drug-likeness (QED) is 0.287. The highest BCUT2D eigenvalue weighted by atomic mass is 127. The lowest BCUT2D eigenvalue weighted by atomic mass is 10.2. The Morgan fingerprint density at radius 1 is 1.39 bits per heavy atom. The molecule has 1 heterocycles. The molecule has 0 aliphatic carbocycles. The first kappa shape index (κ1) is 22.1. The molecule has 1 atom stereocenters. The van der Waals surface area contributed by atoms with Crippen LogP contribution in [0.2, 0.25) is 0 Å². The lowest BCUT2D eigenvalue weighted by Gasteiger charge is -2.14. The zero-order valence-electron chi connectivity index (χ0n) is 14.4. The van der Waals surface area contributed by atoms with Crippen molar-refractivity contribution in [1.82, 2.24) is 15.6 Å². The van der Waals surface area contributed by atoms with Gasteiger partial charge in [0.25, 0.3) is 0 Å². The van der Waals surface area contributed by atoms with Crippen LogP contribution in [0.25, 0.3) is 0 Å². The van der Waals surface area contributed by atoms with Crippen LogP contribution in [0.4, 0.5) is 0 Å². The highest BCUT2D eigenvalue weighted by Crippen LogP contribution is 2.18. The van der Waals surface area contributed by atoms with Crippen molar-refractivity contribution in [1.29, 1.82) is 0 Å². The van der Waals surface area contributed by atoms with E-state index < -0.39 is 0 Å². The summed E-state index contributed by atoms with van der Waals surface area (Å²) in [6.07, 6.45) is 0. The number of thiazole rings is 1. The Hall–Kier alpha value is -0.900. The first-order valence-electron chi connectivity index (χ1n) is 7.52. The highest BCUT2D eigenvalue weighted by Gasteiger charge is 2.13. The fourth-order valence-electron chi connectivity index (χ4n) is 1.69. The van der Waals surface area contributed by atoms with Gasteiger partial charge in [-0.3, -0.25) is 4.79 Å². The Balaban J connectivity index is 0.00000484. The first-order chi connectivity index (χ1) is 10.5. The van der Waals surface area contributed by atoms with Crippen LogP contribution < -0.4 is 10.6 Å². The molecule has 6 nitrogen and oxygen atoms in total. The molecule has 1 aromatic heterocycles. The van der Waals surface area contributed by atoms with E-state index in [9.17, 15) is 4.79 Å². The zero-order valence-corrected chi connectivity index (χ0v) is 17.5. The maximum absolute atomic E-state index is 11.4. The Bertz CT molecular complexity index is 505. The molecule has 0 amide bonds. The van der Waals surface area contributed by atoms with Crippen molar-refractivity contribution >= 4 is 47.2 Å². The number of aliphatic imine (C=N–C) groups is 1. The van der Waals surface area contributed by atoms with Crippen molar-refractivity contribution in [2.24, 2.45) is 10.9 Å². The summed E-state index contributed by atoms with van der Waals surface area (Å²) in [4.78, 5) is 20.5. The minimum absolute atomic E-state index is 0. The van der Waals surface area contributed by atoms with Gasteiger partial charge in [-0.2, -0.15) is 0 Å². The molecule has 0 saturated heterocycles. The predicted molar refractivity (Wildman–Crippen MR) is 106 cm³/mol. The van der Waals surface area contributed by atoms with Crippen LogP contribution >= 0.6 is 35.3 Å². The number of guanidine groups is 1. The molecule has 0 saturated carbocycles. The van der Waals surface area contributed by atoms with E-state index in [-0.39, 0.29) is 35.9 Å². The Kier molecular flexibility index (Phi) is 11.2. The number of carbonyl (C=O) groups is 1. The summed E-state index contributed by atoms with van der Waals surface area (Å²) in [5.74, 6) is 0.659. The summed E-state index contributed by atoms with van der Waals surface area (Å²) >= 11 is 1.62. The second-order valence-electron chi connectivity index (χ2n) is 5.32. The summed E-state index contributed by atoms with van der Waals surface area (Å²) in [6.45, 7) is 9.84. The molecule has 1 unspecified atom stereocenters. The monoisotopic (exact) mass is 454 g/mol. The van der Waals surface area contributed by atoms with E-state index in [4.69, 9.17) is 4.74 Å². The normalized spacial score (nSPS) is 12.5. The van der Waals surface area contributed by atoms with Gasteiger partial charge < -0.3 is 15.4 Å². The molecular weight excluding hydrogens is 427 g/mol. The van der Waals surface area contributed by atoms with Crippen LogP contribution in [-0.2, 0) is 16.1 Å². The number of hydrogen-bond acceptors (Lipinski definition) is 5. The second-order valence-corrected chi connectivity index (χ2v) is 6.26. The summed E-state index contributed by atoms with van der Waals surface area (Å²) in [5, 5.41) is 9.38. The van der Waals surface area contributed by atoms with Crippen LogP contribution in [-0.4, -0.2) is 37.1 Å². The largest absolute Gasteiger partial charge is 0.469 e. The SMILES string of the molecule is CCNC(=NCc1nc(C(C)C)cs1)NCC(C)C(=O)OC.I. The topological polar surface area (TPSA) is 75.6 Å². The average Bonchev–Trinajstić information content (AvgIpc) is 2.98. The van der Waals surface area contributed by atoms with Crippen molar-refractivity contribution < 1.29 is 9.53 Å². The van der Waals surface area contributed by atoms with Crippen LogP contribution in [0.5, 0.6) is 0 Å². The third-order valence-corrected chi connectivity index (χ3v) is 3.91. The lowest BCUT2D eigenvalue weighted by Crippen LogP contribution is -2.40. The first-order valence-corrected chi connectivity index (χ1v) is 8.40. The van der Waals surface area contributed by atoms with Crippen molar-refractivity contribution in [2.45, 2.75) is 40.2 Å². The molecule has 0 aliphatic rings. The molecule has 0 aliphatic heterocycles. The molecule has 8 heteroatoms. The van der Waals surface area contributed by atoms with E-state index in [2.05, 4.69) is 39.8 Å². The number of methoxy groups -OCH3 is 1. The number of nitrogens with one attached hydrogen (secondary N) is 2. The number of hydrogen-bond donors (Lipinski definition) is 2. The summed E-state index contributed by atoms with van der Waals surface area (Å²) in [5.41, 5.74) is 1.10. The molecule has 0 fully saturated rings. The summed E-state index contributed by atoms with van der Waals surface area (Å²) in [6, 6.07) is 0. The van der Waals surface area contributed by atoms with Gasteiger partial charge in [-0.05, 0) is 12.8 Å². The summed E-state index contributed by atoms with van der Waals surface area (Å²) in [7, 11) is 1.40. The Morgan fingerprint density at radius 2 is 2.09 bits per heavy atom.